The first-order valence-corrected chi connectivity index (χ1v) is 6.63. The van der Waals surface area contributed by atoms with Crippen LogP contribution < -0.4 is 9.64 Å². The van der Waals surface area contributed by atoms with Crippen LogP contribution in [0.4, 0.5) is 5.69 Å². The maximum atomic E-state index is 12.2. The van der Waals surface area contributed by atoms with Crippen LogP contribution in [-0.4, -0.2) is 19.6 Å². The van der Waals surface area contributed by atoms with Crippen molar-refractivity contribution in [3.05, 3.63) is 23.8 Å². The Hall–Kier alpha value is -1.51. The smallest absolute Gasteiger partial charge is 0.226 e. The summed E-state index contributed by atoms with van der Waals surface area (Å²) in [6.45, 7) is 5.06. The summed E-state index contributed by atoms with van der Waals surface area (Å²) in [6, 6.07) is 5.99. The van der Waals surface area contributed by atoms with E-state index >= 15 is 0 Å². The molecule has 0 bridgehead atoms. The molecular formula is C15H21NO2. The van der Waals surface area contributed by atoms with Crippen LogP contribution in [-0.2, 0) is 11.2 Å². The van der Waals surface area contributed by atoms with E-state index in [1.165, 1.54) is 5.56 Å². The van der Waals surface area contributed by atoms with Crippen molar-refractivity contribution in [2.45, 2.75) is 33.1 Å². The van der Waals surface area contributed by atoms with Gasteiger partial charge in [0, 0.05) is 18.7 Å². The number of nitrogens with zero attached hydrogens (tertiary/aromatic N) is 1. The van der Waals surface area contributed by atoms with E-state index in [4.69, 9.17) is 4.74 Å². The summed E-state index contributed by atoms with van der Waals surface area (Å²) < 4.78 is 5.26. The number of anilines is 1. The number of ether oxygens (including phenoxy) is 1. The second kappa shape index (κ2) is 5.42. The molecule has 0 N–H and O–H groups in total. The van der Waals surface area contributed by atoms with Crippen molar-refractivity contribution < 1.29 is 9.53 Å². The molecule has 1 aromatic rings. The molecule has 1 aliphatic heterocycles. The Morgan fingerprint density at radius 3 is 2.94 bits per heavy atom. The Morgan fingerprint density at radius 2 is 2.28 bits per heavy atom. The number of benzene rings is 1. The van der Waals surface area contributed by atoms with Gasteiger partial charge in [-0.3, -0.25) is 4.79 Å². The maximum Gasteiger partial charge on any atom is 0.226 e. The second-order valence-electron chi connectivity index (χ2n) is 5.06. The molecule has 1 heterocycles. The molecule has 0 radical (unpaired) electrons. The molecule has 0 fully saturated rings. The molecule has 98 valence electrons. The molecule has 18 heavy (non-hydrogen) atoms. The molecule has 0 aliphatic carbocycles. The number of rotatable bonds is 3. The Bertz CT molecular complexity index is 442. The van der Waals surface area contributed by atoms with Crippen molar-refractivity contribution in [3.8, 4) is 5.75 Å². The maximum absolute atomic E-state index is 12.2. The molecule has 1 atom stereocenters. The molecule has 0 spiro atoms. The summed E-state index contributed by atoms with van der Waals surface area (Å²) in [6.07, 6.45) is 2.54. The number of fused-ring (bicyclic) bond motifs is 1. The summed E-state index contributed by atoms with van der Waals surface area (Å²) in [5.74, 6) is 1.60. The SMILES string of the molecule is CCCC(=O)N1CC(C)Cc2cc(OC)ccc21. The molecule has 1 aliphatic rings. The number of carbonyl (C=O) groups excluding carboxylic acids is 1. The van der Waals surface area contributed by atoms with Crippen LogP contribution >= 0.6 is 0 Å². The highest BCUT2D eigenvalue weighted by Gasteiger charge is 2.26. The van der Waals surface area contributed by atoms with Gasteiger partial charge in [0.05, 0.1) is 7.11 Å². The highest BCUT2D eigenvalue weighted by molar-refractivity contribution is 5.94. The molecule has 1 aromatic carbocycles. The van der Waals surface area contributed by atoms with Crippen LogP contribution in [0.1, 0.15) is 32.3 Å². The van der Waals surface area contributed by atoms with Crippen molar-refractivity contribution in [1.29, 1.82) is 0 Å². The minimum absolute atomic E-state index is 0.232. The van der Waals surface area contributed by atoms with Gasteiger partial charge in [-0.25, -0.2) is 0 Å². The van der Waals surface area contributed by atoms with Gasteiger partial charge in [0.2, 0.25) is 5.91 Å². The molecule has 0 saturated carbocycles. The van der Waals surface area contributed by atoms with E-state index in [2.05, 4.69) is 13.0 Å². The monoisotopic (exact) mass is 247 g/mol. The number of carbonyl (C=O) groups is 1. The third-order valence-corrected chi connectivity index (χ3v) is 3.41. The molecule has 0 aromatic heterocycles. The van der Waals surface area contributed by atoms with Gasteiger partial charge in [-0.2, -0.15) is 0 Å². The van der Waals surface area contributed by atoms with E-state index in [1.54, 1.807) is 7.11 Å². The van der Waals surface area contributed by atoms with Gasteiger partial charge in [-0.15, -0.1) is 0 Å². The van der Waals surface area contributed by atoms with Gasteiger partial charge in [0.1, 0.15) is 5.75 Å². The summed E-state index contributed by atoms with van der Waals surface area (Å²) in [5, 5.41) is 0. The first kappa shape index (κ1) is 12.9. The largest absolute Gasteiger partial charge is 0.497 e. The lowest BCUT2D eigenvalue weighted by atomic mass is 9.93. The zero-order valence-corrected chi connectivity index (χ0v) is 11.4. The van der Waals surface area contributed by atoms with Crippen molar-refractivity contribution in [3.63, 3.8) is 0 Å². The Kier molecular flexibility index (Phi) is 3.90. The molecule has 2 rings (SSSR count). The van der Waals surface area contributed by atoms with Crippen LogP contribution in [0.5, 0.6) is 5.75 Å². The highest BCUT2D eigenvalue weighted by atomic mass is 16.5. The number of hydrogen-bond donors (Lipinski definition) is 0. The molecule has 1 amide bonds. The first-order chi connectivity index (χ1) is 8.65. The van der Waals surface area contributed by atoms with Crippen LogP contribution in [0.3, 0.4) is 0 Å². The summed E-state index contributed by atoms with van der Waals surface area (Å²) in [4.78, 5) is 14.1. The van der Waals surface area contributed by atoms with Gasteiger partial charge in [-0.1, -0.05) is 13.8 Å². The van der Waals surface area contributed by atoms with Gasteiger partial charge in [0.25, 0.3) is 0 Å². The molecule has 3 heteroatoms. The van der Waals surface area contributed by atoms with E-state index in [0.29, 0.717) is 12.3 Å². The fourth-order valence-electron chi connectivity index (χ4n) is 2.55. The summed E-state index contributed by atoms with van der Waals surface area (Å²) in [5.41, 5.74) is 2.28. The minimum atomic E-state index is 0.232. The standard InChI is InChI=1S/C15H21NO2/c1-4-5-15(17)16-10-11(2)8-12-9-13(18-3)6-7-14(12)16/h6-7,9,11H,4-5,8,10H2,1-3H3. The van der Waals surface area contributed by atoms with Gasteiger partial charge in [-0.05, 0) is 42.5 Å². The van der Waals surface area contributed by atoms with Gasteiger partial charge in [0.15, 0.2) is 0 Å². The molecule has 0 saturated heterocycles. The number of hydrogen-bond acceptors (Lipinski definition) is 2. The van der Waals surface area contributed by atoms with Crippen LogP contribution in [0.15, 0.2) is 18.2 Å². The van der Waals surface area contributed by atoms with Crippen LogP contribution in [0, 0.1) is 5.92 Å². The van der Waals surface area contributed by atoms with Crippen LogP contribution in [0.2, 0.25) is 0 Å². The summed E-state index contributed by atoms with van der Waals surface area (Å²) >= 11 is 0. The lowest BCUT2D eigenvalue weighted by molar-refractivity contribution is -0.118. The quantitative estimate of drug-likeness (QED) is 0.821. The van der Waals surface area contributed by atoms with Crippen molar-refractivity contribution >= 4 is 11.6 Å². The number of methoxy groups -OCH3 is 1. The predicted molar refractivity (Wildman–Crippen MR) is 73.1 cm³/mol. The Balaban J connectivity index is 2.33. The van der Waals surface area contributed by atoms with E-state index < -0.39 is 0 Å². The Labute approximate surface area is 109 Å². The van der Waals surface area contributed by atoms with Crippen molar-refractivity contribution in [2.75, 3.05) is 18.6 Å². The van der Waals surface area contributed by atoms with Gasteiger partial charge < -0.3 is 9.64 Å². The summed E-state index contributed by atoms with van der Waals surface area (Å²) in [7, 11) is 1.67. The fraction of sp³-hybridized carbons (Fsp3) is 0.533. The zero-order chi connectivity index (χ0) is 13.1. The number of amides is 1. The lowest BCUT2D eigenvalue weighted by Crippen LogP contribution is -2.39. The third-order valence-electron chi connectivity index (χ3n) is 3.41. The van der Waals surface area contributed by atoms with Gasteiger partial charge >= 0.3 is 0 Å². The normalized spacial score (nSPS) is 18.4. The van der Waals surface area contributed by atoms with E-state index in [0.717, 1.165) is 30.8 Å². The molecule has 3 nitrogen and oxygen atoms in total. The third kappa shape index (κ3) is 2.50. The van der Waals surface area contributed by atoms with E-state index in [1.807, 2.05) is 24.0 Å². The lowest BCUT2D eigenvalue weighted by Gasteiger charge is -2.33. The average Bonchev–Trinajstić information content (AvgIpc) is 2.37. The molecular weight excluding hydrogens is 226 g/mol. The Morgan fingerprint density at radius 1 is 1.50 bits per heavy atom. The highest BCUT2D eigenvalue weighted by Crippen LogP contribution is 2.33. The zero-order valence-electron chi connectivity index (χ0n) is 11.4. The van der Waals surface area contributed by atoms with Crippen LogP contribution in [0.25, 0.3) is 0 Å². The van der Waals surface area contributed by atoms with E-state index in [9.17, 15) is 4.79 Å². The average molecular weight is 247 g/mol. The van der Waals surface area contributed by atoms with E-state index in [-0.39, 0.29) is 5.91 Å². The minimum Gasteiger partial charge on any atom is -0.497 e. The predicted octanol–water partition coefficient (Wildman–Crippen LogP) is 3.02. The molecule has 1 unspecified atom stereocenters. The van der Waals surface area contributed by atoms with Crippen molar-refractivity contribution in [1.82, 2.24) is 0 Å². The first-order valence-electron chi connectivity index (χ1n) is 6.63. The fourth-order valence-corrected chi connectivity index (χ4v) is 2.55. The second-order valence-corrected chi connectivity index (χ2v) is 5.06. The van der Waals surface area contributed by atoms with Crippen molar-refractivity contribution in [2.24, 2.45) is 5.92 Å². The topological polar surface area (TPSA) is 29.5 Å².